The van der Waals surface area contributed by atoms with Crippen LogP contribution >= 0.6 is 0 Å². The van der Waals surface area contributed by atoms with Crippen LogP contribution in [0.2, 0.25) is 0 Å². The van der Waals surface area contributed by atoms with E-state index in [4.69, 9.17) is 0 Å². The molecule has 0 aromatic rings. The van der Waals surface area contributed by atoms with E-state index < -0.39 is 0 Å². The maximum atomic E-state index is 9.29. The van der Waals surface area contributed by atoms with Crippen LogP contribution in [0.1, 0.15) is 33.1 Å². The van der Waals surface area contributed by atoms with E-state index in [1.54, 1.807) is 0 Å². The lowest BCUT2D eigenvalue weighted by Gasteiger charge is -2.34. The molecule has 3 heteroatoms. The summed E-state index contributed by atoms with van der Waals surface area (Å²) in [6.07, 6.45) is 3.68. The maximum absolute atomic E-state index is 9.29. The molecule has 0 aliphatic heterocycles. The van der Waals surface area contributed by atoms with Gasteiger partial charge in [0, 0.05) is 17.6 Å². The first-order valence-electron chi connectivity index (χ1n) is 5.54. The van der Waals surface area contributed by atoms with Gasteiger partial charge < -0.3 is 15.3 Å². The van der Waals surface area contributed by atoms with E-state index in [9.17, 15) is 5.11 Å². The normalized spacial score (nSPS) is 23.6. The van der Waals surface area contributed by atoms with Crippen LogP contribution in [-0.4, -0.2) is 48.3 Å². The third-order valence-corrected chi connectivity index (χ3v) is 3.52. The Bertz CT molecular complexity index is 176. The van der Waals surface area contributed by atoms with Crippen LogP contribution in [-0.2, 0) is 0 Å². The molecular formula is C11H24N2O. The summed E-state index contributed by atoms with van der Waals surface area (Å²) in [4.78, 5) is 2.44. The van der Waals surface area contributed by atoms with Crippen molar-refractivity contribution in [2.45, 2.75) is 50.7 Å². The number of nitrogens with zero attached hydrogens (tertiary/aromatic N) is 1. The number of likely N-dealkylation sites (N-methyl/N-ethyl adjacent to an activating group) is 1. The second kappa shape index (κ2) is 4.60. The average Bonchev–Trinajstić information content (AvgIpc) is 2.99. The van der Waals surface area contributed by atoms with E-state index in [0.717, 1.165) is 12.5 Å². The number of nitrogens with one attached hydrogen (secondary N) is 1. The molecule has 0 amide bonds. The van der Waals surface area contributed by atoms with Crippen LogP contribution in [0.25, 0.3) is 0 Å². The third kappa shape index (κ3) is 2.94. The molecule has 0 heterocycles. The molecular weight excluding hydrogens is 176 g/mol. The van der Waals surface area contributed by atoms with Gasteiger partial charge in [0.1, 0.15) is 0 Å². The number of hydrogen-bond acceptors (Lipinski definition) is 3. The van der Waals surface area contributed by atoms with Gasteiger partial charge in [-0.25, -0.2) is 0 Å². The molecule has 1 aliphatic rings. The van der Waals surface area contributed by atoms with Gasteiger partial charge in [-0.2, -0.15) is 0 Å². The summed E-state index contributed by atoms with van der Waals surface area (Å²) in [5.74, 6) is 0. The number of aliphatic hydroxyl groups is 1. The first kappa shape index (κ1) is 12.0. The number of rotatable bonds is 6. The molecule has 2 atom stereocenters. The Morgan fingerprint density at radius 2 is 2.14 bits per heavy atom. The Balaban J connectivity index is 2.40. The molecule has 1 saturated carbocycles. The highest BCUT2D eigenvalue weighted by atomic mass is 16.3. The standard InChI is InChI=1S/C11H24N2O/c1-9(13(4)10-5-6-10)7-11(2,8-14)12-3/h9-10,12,14H,5-8H2,1-4H3. The molecule has 3 nitrogen and oxygen atoms in total. The highest BCUT2D eigenvalue weighted by molar-refractivity contribution is 4.90. The summed E-state index contributed by atoms with van der Waals surface area (Å²) < 4.78 is 0. The lowest BCUT2D eigenvalue weighted by Crippen LogP contribution is -2.48. The fourth-order valence-corrected chi connectivity index (χ4v) is 1.88. The van der Waals surface area contributed by atoms with Crippen LogP contribution < -0.4 is 5.32 Å². The first-order chi connectivity index (χ1) is 6.52. The van der Waals surface area contributed by atoms with Crippen LogP contribution in [0.15, 0.2) is 0 Å². The van der Waals surface area contributed by atoms with Crippen molar-refractivity contribution in [1.82, 2.24) is 10.2 Å². The Morgan fingerprint density at radius 3 is 2.50 bits per heavy atom. The van der Waals surface area contributed by atoms with Crippen molar-refractivity contribution in [3.05, 3.63) is 0 Å². The van der Waals surface area contributed by atoms with E-state index >= 15 is 0 Å². The van der Waals surface area contributed by atoms with Crippen LogP contribution in [0.4, 0.5) is 0 Å². The largest absolute Gasteiger partial charge is 0.394 e. The average molecular weight is 200 g/mol. The zero-order chi connectivity index (χ0) is 10.8. The molecule has 14 heavy (non-hydrogen) atoms. The summed E-state index contributed by atoms with van der Waals surface area (Å²) in [6.45, 7) is 4.51. The van der Waals surface area contributed by atoms with Gasteiger partial charge in [-0.1, -0.05) is 0 Å². The lowest BCUT2D eigenvalue weighted by molar-refractivity contribution is 0.129. The Kier molecular flexibility index (Phi) is 3.93. The van der Waals surface area contributed by atoms with Gasteiger partial charge in [0.15, 0.2) is 0 Å². The van der Waals surface area contributed by atoms with Crippen molar-refractivity contribution >= 4 is 0 Å². The molecule has 84 valence electrons. The summed E-state index contributed by atoms with van der Waals surface area (Å²) >= 11 is 0. The summed E-state index contributed by atoms with van der Waals surface area (Å²) in [6, 6.07) is 1.33. The maximum Gasteiger partial charge on any atom is 0.0611 e. The summed E-state index contributed by atoms with van der Waals surface area (Å²) in [5, 5.41) is 12.5. The van der Waals surface area contributed by atoms with Crippen LogP contribution in [0.5, 0.6) is 0 Å². The quantitative estimate of drug-likeness (QED) is 0.666. The van der Waals surface area contributed by atoms with Crippen molar-refractivity contribution < 1.29 is 5.11 Å². The minimum atomic E-state index is -0.136. The van der Waals surface area contributed by atoms with Gasteiger partial charge in [0.2, 0.25) is 0 Å². The molecule has 0 aromatic heterocycles. The molecule has 1 rings (SSSR count). The highest BCUT2D eigenvalue weighted by Crippen LogP contribution is 2.29. The fraction of sp³-hybridized carbons (Fsp3) is 1.00. The first-order valence-corrected chi connectivity index (χ1v) is 5.54. The third-order valence-electron chi connectivity index (χ3n) is 3.52. The predicted molar refractivity (Wildman–Crippen MR) is 59.4 cm³/mol. The van der Waals surface area contributed by atoms with Crippen molar-refractivity contribution in [2.75, 3.05) is 20.7 Å². The Hall–Kier alpha value is -0.120. The molecule has 0 spiro atoms. The SMILES string of the molecule is CNC(C)(CO)CC(C)N(C)C1CC1. The van der Waals surface area contributed by atoms with Crippen LogP contribution in [0.3, 0.4) is 0 Å². The summed E-state index contributed by atoms with van der Waals surface area (Å²) in [7, 11) is 4.11. The van der Waals surface area contributed by atoms with Gasteiger partial charge in [-0.15, -0.1) is 0 Å². The molecule has 1 aliphatic carbocycles. The smallest absolute Gasteiger partial charge is 0.0611 e. The molecule has 2 N–H and O–H groups in total. The van der Waals surface area contributed by atoms with Gasteiger partial charge in [-0.05, 0) is 47.2 Å². The van der Waals surface area contributed by atoms with E-state index in [1.807, 2.05) is 7.05 Å². The Labute approximate surface area is 87.5 Å². The van der Waals surface area contributed by atoms with Crippen LogP contribution in [0, 0.1) is 0 Å². The monoisotopic (exact) mass is 200 g/mol. The molecule has 1 fully saturated rings. The van der Waals surface area contributed by atoms with E-state index in [1.165, 1.54) is 12.8 Å². The van der Waals surface area contributed by atoms with Gasteiger partial charge in [-0.3, -0.25) is 0 Å². The zero-order valence-electron chi connectivity index (χ0n) is 9.88. The van der Waals surface area contributed by atoms with E-state index in [0.29, 0.717) is 6.04 Å². The lowest BCUT2D eigenvalue weighted by atomic mass is 9.94. The minimum Gasteiger partial charge on any atom is -0.394 e. The van der Waals surface area contributed by atoms with E-state index in [-0.39, 0.29) is 12.1 Å². The number of hydrogen-bond donors (Lipinski definition) is 2. The second-order valence-corrected chi connectivity index (χ2v) is 4.92. The van der Waals surface area contributed by atoms with Gasteiger partial charge in [0.05, 0.1) is 6.61 Å². The van der Waals surface area contributed by atoms with Crippen molar-refractivity contribution in [2.24, 2.45) is 0 Å². The molecule has 0 radical (unpaired) electrons. The highest BCUT2D eigenvalue weighted by Gasteiger charge is 2.32. The molecule has 0 aromatic carbocycles. The zero-order valence-corrected chi connectivity index (χ0v) is 9.88. The molecule has 0 saturated heterocycles. The van der Waals surface area contributed by atoms with E-state index in [2.05, 4.69) is 31.1 Å². The second-order valence-electron chi connectivity index (χ2n) is 4.92. The molecule has 2 unspecified atom stereocenters. The minimum absolute atomic E-state index is 0.136. The number of aliphatic hydroxyl groups excluding tert-OH is 1. The van der Waals surface area contributed by atoms with Crippen molar-refractivity contribution in [3.63, 3.8) is 0 Å². The van der Waals surface area contributed by atoms with Crippen molar-refractivity contribution in [1.29, 1.82) is 0 Å². The summed E-state index contributed by atoms with van der Waals surface area (Å²) in [5.41, 5.74) is -0.136. The Morgan fingerprint density at radius 1 is 1.57 bits per heavy atom. The fourth-order valence-electron chi connectivity index (χ4n) is 1.88. The van der Waals surface area contributed by atoms with Crippen molar-refractivity contribution in [3.8, 4) is 0 Å². The topological polar surface area (TPSA) is 35.5 Å². The van der Waals surface area contributed by atoms with Gasteiger partial charge in [0.25, 0.3) is 0 Å². The van der Waals surface area contributed by atoms with Gasteiger partial charge >= 0.3 is 0 Å². The molecule has 0 bridgehead atoms. The predicted octanol–water partition coefficient (Wildman–Crippen LogP) is 0.830.